The van der Waals surface area contributed by atoms with Gasteiger partial charge in [0, 0.05) is 36.7 Å². The molecule has 1 N–H and O–H groups in total. The van der Waals surface area contributed by atoms with Crippen molar-refractivity contribution in [2.24, 2.45) is 0 Å². The van der Waals surface area contributed by atoms with Gasteiger partial charge in [0.1, 0.15) is 5.00 Å². The van der Waals surface area contributed by atoms with Gasteiger partial charge >= 0.3 is 5.97 Å². The fourth-order valence-corrected chi connectivity index (χ4v) is 5.15. The number of carbonyl (C=O) groups is 2. The van der Waals surface area contributed by atoms with Gasteiger partial charge in [-0.3, -0.25) is 9.69 Å². The van der Waals surface area contributed by atoms with E-state index in [4.69, 9.17) is 4.74 Å². The number of aryl methyl sites for hydroxylation is 2. The molecular formula is C23H31N3O3S. The second-order valence-electron chi connectivity index (χ2n) is 7.72. The van der Waals surface area contributed by atoms with E-state index < -0.39 is 5.97 Å². The normalized spacial score (nSPS) is 14.6. The van der Waals surface area contributed by atoms with E-state index >= 15 is 0 Å². The predicted molar refractivity (Wildman–Crippen MR) is 123 cm³/mol. The molecule has 1 fully saturated rings. The molecule has 2 heterocycles. The molecule has 0 unspecified atom stereocenters. The molecule has 162 valence electrons. The fraction of sp³-hybridized carbons (Fsp3) is 0.478. The lowest BCUT2D eigenvalue weighted by molar-refractivity contribution is -0.117. The maximum Gasteiger partial charge on any atom is 0.341 e. The third-order valence-corrected chi connectivity index (χ3v) is 6.92. The van der Waals surface area contributed by atoms with Gasteiger partial charge in [0.15, 0.2) is 0 Å². The molecule has 7 heteroatoms. The van der Waals surface area contributed by atoms with E-state index in [1.54, 1.807) is 0 Å². The molecule has 0 aliphatic carbocycles. The molecule has 1 aromatic heterocycles. The van der Waals surface area contributed by atoms with Gasteiger partial charge in [0.25, 0.3) is 0 Å². The molecule has 1 aliphatic heterocycles. The Morgan fingerprint density at radius 2 is 1.83 bits per heavy atom. The number of ether oxygens (including phenoxy) is 1. The van der Waals surface area contributed by atoms with Gasteiger partial charge in [-0.05, 0) is 49.9 Å². The number of anilines is 2. The van der Waals surface area contributed by atoms with Crippen molar-refractivity contribution in [1.29, 1.82) is 0 Å². The highest BCUT2D eigenvalue weighted by atomic mass is 32.1. The predicted octanol–water partition coefficient (Wildman–Crippen LogP) is 3.78. The summed E-state index contributed by atoms with van der Waals surface area (Å²) in [4.78, 5) is 30.5. The molecule has 3 rings (SSSR count). The number of methoxy groups -OCH3 is 1. The number of esters is 1. The molecule has 1 amide bonds. The summed E-state index contributed by atoms with van der Waals surface area (Å²) in [6.45, 7) is 12.0. The summed E-state index contributed by atoms with van der Waals surface area (Å²) in [6, 6.07) is 6.41. The van der Waals surface area contributed by atoms with Crippen molar-refractivity contribution < 1.29 is 14.3 Å². The quantitative estimate of drug-likeness (QED) is 0.708. The number of nitrogens with zero attached hydrogens (tertiary/aromatic N) is 2. The summed E-state index contributed by atoms with van der Waals surface area (Å²) < 4.78 is 4.94. The first-order valence-corrected chi connectivity index (χ1v) is 11.2. The zero-order valence-electron chi connectivity index (χ0n) is 18.5. The Bertz CT molecular complexity index is 930. The van der Waals surface area contributed by atoms with Gasteiger partial charge in [0.05, 0.1) is 19.2 Å². The van der Waals surface area contributed by atoms with Crippen LogP contribution in [0.4, 0.5) is 10.7 Å². The number of benzene rings is 1. The molecule has 30 heavy (non-hydrogen) atoms. The third-order valence-electron chi connectivity index (χ3n) is 5.86. The summed E-state index contributed by atoms with van der Waals surface area (Å²) in [5.74, 6) is -0.488. The standard InChI is InChI=1S/C23H31N3O3S/c1-6-18-17(4)30-22(21(18)23(28)29-5)24-20(27)14-25-10-12-26(13-11-25)19-9-7-8-15(2)16(19)3/h7-9H,6,10-14H2,1-5H3,(H,24,27). The topological polar surface area (TPSA) is 61.9 Å². The van der Waals surface area contributed by atoms with Crippen molar-refractivity contribution in [2.75, 3.05) is 50.1 Å². The first-order chi connectivity index (χ1) is 14.3. The van der Waals surface area contributed by atoms with Gasteiger partial charge < -0.3 is 15.0 Å². The summed E-state index contributed by atoms with van der Waals surface area (Å²) in [7, 11) is 1.37. The molecule has 1 aliphatic rings. The highest BCUT2D eigenvalue weighted by Gasteiger charge is 2.25. The molecule has 0 spiro atoms. The maximum atomic E-state index is 12.7. The first-order valence-electron chi connectivity index (χ1n) is 10.4. The van der Waals surface area contributed by atoms with Crippen molar-refractivity contribution >= 4 is 33.9 Å². The fourth-order valence-electron chi connectivity index (χ4n) is 4.00. The zero-order chi connectivity index (χ0) is 21.8. The lowest BCUT2D eigenvalue weighted by Crippen LogP contribution is -2.48. The van der Waals surface area contributed by atoms with E-state index in [-0.39, 0.29) is 5.91 Å². The van der Waals surface area contributed by atoms with E-state index in [0.717, 1.165) is 43.0 Å². The lowest BCUT2D eigenvalue weighted by Gasteiger charge is -2.36. The summed E-state index contributed by atoms with van der Waals surface area (Å²) in [5.41, 5.74) is 5.34. The van der Waals surface area contributed by atoms with Crippen LogP contribution in [-0.2, 0) is 16.0 Å². The van der Waals surface area contributed by atoms with Crippen molar-refractivity contribution in [3.05, 3.63) is 45.3 Å². The van der Waals surface area contributed by atoms with Crippen LogP contribution in [0.5, 0.6) is 0 Å². The van der Waals surface area contributed by atoms with Crippen LogP contribution >= 0.6 is 11.3 Å². The second-order valence-corrected chi connectivity index (χ2v) is 8.94. The Morgan fingerprint density at radius 1 is 1.13 bits per heavy atom. The highest BCUT2D eigenvalue weighted by molar-refractivity contribution is 7.16. The number of hydrogen-bond acceptors (Lipinski definition) is 6. The van der Waals surface area contributed by atoms with Gasteiger partial charge in [0.2, 0.25) is 5.91 Å². The van der Waals surface area contributed by atoms with E-state index in [1.165, 1.54) is 35.3 Å². The number of amides is 1. The molecule has 6 nitrogen and oxygen atoms in total. The molecule has 0 radical (unpaired) electrons. The average molecular weight is 430 g/mol. The number of piperazine rings is 1. The average Bonchev–Trinajstić information content (AvgIpc) is 3.04. The number of rotatable bonds is 6. The summed E-state index contributed by atoms with van der Waals surface area (Å²) >= 11 is 1.44. The van der Waals surface area contributed by atoms with Crippen LogP contribution in [0.25, 0.3) is 0 Å². The first kappa shape index (κ1) is 22.3. The zero-order valence-corrected chi connectivity index (χ0v) is 19.3. The number of carbonyl (C=O) groups excluding carboxylic acids is 2. The minimum atomic E-state index is -0.395. The van der Waals surface area contributed by atoms with E-state index in [2.05, 4.69) is 47.2 Å². The van der Waals surface area contributed by atoms with Crippen LogP contribution in [0.1, 0.15) is 38.8 Å². The van der Waals surface area contributed by atoms with Crippen molar-refractivity contribution in [3.8, 4) is 0 Å². The van der Waals surface area contributed by atoms with Gasteiger partial charge in [-0.2, -0.15) is 0 Å². The van der Waals surface area contributed by atoms with Gasteiger partial charge in [-0.25, -0.2) is 4.79 Å². The number of nitrogens with one attached hydrogen (secondary N) is 1. The number of hydrogen-bond donors (Lipinski definition) is 1. The van der Waals surface area contributed by atoms with Gasteiger partial charge in [-0.15, -0.1) is 11.3 Å². The van der Waals surface area contributed by atoms with Gasteiger partial charge in [-0.1, -0.05) is 19.1 Å². The SMILES string of the molecule is CCc1c(C)sc(NC(=O)CN2CCN(c3cccc(C)c3C)CC2)c1C(=O)OC. The van der Waals surface area contributed by atoms with E-state index in [1.807, 2.05) is 13.8 Å². The molecule has 0 atom stereocenters. The van der Waals surface area contributed by atoms with E-state index in [9.17, 15) is 9.59 Å². The highest BCUT2D eigenvalue weighted by Crippen LogP contribution is 2.34. The molecule has 1 saturated heterocycles. The maximum absolute atomic E-state index is 12.7. The Labute approximate surface area is 182 Å². The molecule has 0 saturated carbocycles. The Balaban J connectivity index is 1.61. The van der Waals surface area contributed by atoms with E-state index in [0.29, 0.717) is 17.1 Å². The van der Waals surface area contributed by atoms with Crippen LogP contribution in [0, 0.1) is 20.8 Å². The summed E-state index contributed by atoms with van der Waals surface area (Å²) in [6.07, 6.45) is 0.725. The van der Waals surface area contributed by atoms with Crippen LogP contribution in [0.15, 0.2) is 18.2 Å². The molecule has 0 bridgehead atoms. The minimum absolute atomic E-state index is 0.0933. The molecular weight excluding hydrogens is 398 g/mol. The van der Waals surface area contributed by atoms with Crippen molar-refractivity contribution in [3.63, 3.8) is 0 Å². The minimum Gasteiger partial charge on any atom is -0.465 e. The summed E-state index contributed by atoms with van der Waals surface area (Å²) in [5, 5.41) is 3.54. The van der Waals surface area contributed by atoms with Crippen LogP contribution in [-0.4, -0.2) is 56.6 Å². The smallest absolute Gasteiger partial charge is 0.341 e. The monoisotopic (exact) mass is 429 g/mol. The van der Waals surface area contributed by atoms with Crippen molar-refractivity contribution in [1.82, 2.24) is 4.90 Å². The Hall–Kier alpha value is -2.38. The lowest BCUT2D eigenvalue weighted by atomic mass is 10.1. The molecule has 2 aromatic rings. The van der Waals surface area contributed by atoms with Crippen molar-refractivity contribution in [2.45, 2.75) is 34.1 Å². The second kappa shape index (κ2) is 9.62. The molecule has 1 aromatic carbocycles. The Kier molecular flexibility index (Phi) is 7.15. The number of thiophene rings is 1. The van der Waals surface area contributed by atoms with Crippen LogP contribution < -0.4 is 10.2 Å². The van der Waals surface area contributed by atoms with Crippen LogP contribution in [0.2, 0.25) is 0 Å². The van der Waals surface area contributed by atoms with Crippen LogP contribution in [0.3, 0.4) is 0 Å². The largest absolute Gasteiger partial charge is 0.465 e. The Morgan fingerprint density at radius 3 is 2.47 bits per heavy atom. The third kappa shape index (κ3) is 4.68.